The number of hydrogen-bond acceptors (Lipinski definition) is 5. The third-order valence-corrected chi connectivity index (χ3v) is 8.79. The van der Waals surface area contributed by atoms with Crippen molar-refractivity contribution >= 4 is 39.0 Å². The van der Waals surface area contributed by atoms with E-state index in [9.17, 15) is 13.2 Å². The molecule has 27 heavy (non-hydrogen) atoms. The Morgan fingerprint density at radius 3 is 2.78 bits per heavy atom. The molecule has 2 aromatic rings. The number of nitrogens with zero attached hydrogens (tertiary/aromatic N) is 1. The van der Waals surface area contributed by atoms with E-state index in [0.717, 1.165) is 12.2 Å². The highest BCUT2D eigenvalue weighted by atomic mass is 32.2. The molecule has 1 amide bonds. The maximum absolute atomic E-state index is 12.7. The molecule has 0 bridgehead atoms. The van der Waals surface area contributed by atoms with Gasteiger partial charge < -0.3 is 5.32 Å². The summed E-state index contributed by atoms with van der Waals surface area (Å²) in [7, 11) is -3.48. The summed E-state index contributed by atoms with van der Waals surface area (Å²) in [6.45, 7) is 3.37. The van der Waals surface area contributed by atoms with Crippen molar-refractivity contribution in [2.24, 2.45) is 5.92 Å². The van der Waals surface area contributed by atoms with Gasteiger partial charge in [-0.3, -0.25) is 4.79 Å². The summed E-state index contributed by atoms with van der Waals surface area (Å²) >= 11 is 2.92. The zero-order valence-electron chi connectivity index (χ0n) is 15.3. The number of carbonyl (C=O) groups is 1. The van der Waals surface area contributed by atoms with E-state index in [2.05, 4.69) is 36.5 Å². The largest absolute Gasteiger partial charge is 0.355 e. The molecular weight excluding hydrogens is 400 g/mol. The first kappa shape index (κ1) is 20.4. The molecule has 146 valence electrons. The highest BCUT2D eigenvalue weighted by molar-refractivity contribution is 7.99. The minimum atomic E-state index is -3.48. The number of sulfonamides is 1. The number of rotatable bonds is 7. The smallest absolute Gasteiger partial charge is 0.252 e. The quantitative estimate of drug-likeness (QED) is 0.547. The monoisotopic (exact) mass is 424 g/mol. The van der Waals surface area contributed by atoms with E-state index in [0.29, 0.717) is 23.7 Å². The van der Waals surface area contributed by atoms with Gasteiger partial charge in [0.25, 0.3) is 10.0 Å². The predicted octanol–water partition coefficient (Wildman–Crippen LogP) is 3.37. The summed E-state index contributed by atoms with van der Waals surface area (Å²) in [5, 5.41) is 4.72. The first-order chi connectivity index (χ1) is 13.0. The second-order valence-electron chi connectivity index (χ2n) is 6.59. The van der Waals surface area contributed by atoms with E-state index in [1.54, 1.807) is 29.3 Å². The molecule has 1 saturated heterocycles. The van der Waals surface area contributed by atoms with Crippen molar-refractivity contribution in [3.05, 3.63) is 47.3 Å². The van der Waals surface area contributed by atoms with Crippen LogP contribution in [0.5, 0.6) is 0 Å². The third kappa shape index (κ3) is 5.34. The van der Waals surface area contributed by atoms with Crippen LogP contribution in [0.15, 0.2) is 50.9 Å². The first-order valence-corrected chi connectivity index (χ1v) is 12.3. The minimum absolute atomic E-state index is 0.0504. The van der Waals surface area contributed by atoms with Crippen molar-refractivity contribution in [1.82, 2.24) is 9.62 Å². The number of amides is 1. The molecule has 5 nitrogen and oxygen atoms in total. The average molecular weight is 425 g/mol. The van der Waals surface area contributed by atoms with Crippen LogP contribution in [0.2, 0.25) is 0 Å². The van der Waals surface area contributed by atoms with Crippen LogP contribution in [0.4, 0.5) is 0 Å². The Morgan fingerprint density at radius 2 is 2.07 bits per heavy atom. The van der Waals surface area contributed by atoms with Crippen LogP contribution in [-0.2, 0) is 14.8 Å². The van der Waals surface area contributed by atoms with Crippen LogP contribution >= 0.6 is 23.1 Å². The number of aryl methyl sites for hydroxylation is 1. The molecule has 1 aromatic carbocycles. The maximum atomic E-state index is 12.7. The summed E-state index contributed by atoms with van der Waals surface area (Å²) in [4.78, 5) is 13.7. The SMILES string of the molecule is Cc1ccc(SCCNC(=O)[C@H]2CCCN(S(=O)(=O)c3cccs3)C2)cc1. The van der Waals surface area contributed by atoms with Crippen LogP contribution in [0.3, 0.4) is 0 Å². The number of benzene rings is 1. The highest BCUT2D eigenvalue weighted by Gasteiger charge is 2.33. The second-order valence-corrected chi connectivity index (χ2v) is 10.9. The van der Waals surface area contributed by atoms with Gasteiger partial charge in [0.05, 0.1) is 5.92 Å². The first-order valence-electron chi connectivity index (χ1n) is 8.97. The van der Waals surface area contributed by atoms with Crippen LogP contribution in [0, 0.1) is 12.8 Å². The lowest BCUT2D eigenvalue weighted by molar-refractivity contribution is -0.125. The lowest BCUT2D eigenvalue weighted by atomic mass is 9.99. The molecule has 1 atom stereocenters. The molecule has 1 N–H and O–H groups in total. The van der Waals surface area contributed by atoms with Crippen molar-refractivity contribution in [2.45, 2.75) is 28.9 Å². The zero-order valence-corrected chi connectivity index (χ0v) is 17.7. The van der Waals surface area contributed by atoms with Crippen molar-refractivity contribution < 1.29 is 13.2 Å². The van der Waals surface area contributed by atoms with E-state index >= 15 is 0 Å². The summed E-state index contributed by atoms with van der Waals surface area (Å²) in [6.07, 6.45) is 1.44. The Labute approximate surface area is 169 Å². The Balaban J connectivity index is 1.47. The molecule has 8 heteroatoms. The van der Waals surface area contributed by atoms with E-state index in [4.69, 9.17) is 0 Å². The van der Waals surface area contributed by atoms with Gasteiger partial charge in [-0.15, -0.1) is 23.1 Å². The van der Waals surface area contributed by atoms with Gasteiger partial charge in [0.2, 0.25) is 5.91 Å². The van der Waals surface area contributed by atoms with Crippen LogP contribution in [0.25, 0.3) is 0 Å². The predicted molar refractivity (Wildman–Crippen MR) is 111 cm³/mol. The van der Waals surface area contributed by atoms with Crippen molar-refractivity contribution in [3.8, 4) is 0 Å². The van der Waals surface area contributed by atoms with Crippen molar-refractivity contribution in [3.63, 3.8) is 0 Å². The second kappa shape index (κ2) is 9.23. The zero-order chi connectivity index (χ0) is 19.3. The number of piperidine rings is 1. The molecule has 3 rings (SSSR count). The van der Waals surface area contributed by atoms with Gasteiger partial charge in [-0.05, 0) is 43.3 Å². The van der Waals surface area contributed by atoms with Crippen LogP contribution in [0.1, 0.15) is 18.4 Å². The van der Waals surface area contributed by atoms with E-state index < -0.39 is 10.0 Å². The molecule has 1 aromatic heterocycles. The molecule has 0 spiro atoms. The van der Waals surface area contributed by atoms with Crippen molar-refractivity contribution in [1.29, 1.82) is 0 Å². The minimum Gasteiger partial charge on any atom is -0.355 e. The Bertz CT molecular complexity index is 849. The number of hydrogen-bond donors (Lipinski definition) is 1. The summed E-state index contributed by atoms with van der Waals surface area (Å²) in [6, 6.07) is 11.7. The molecule has 0 saturated carbocycles. The van der Waals surface area contributed by atoms with Crippen molar-refractivity contribution in [2.75, 3.05) is 25.4 Å². The Morgan fingerprint density at radius 1 is 1.30 bits per heavy atom. The summed E-state index contributed by atoms with van der Waals surface area (Å²) in [5.74, 6) is 0.460. The molecule has 2 heterocycles. The maximum Gasteiger partial charge on any atom is 0.252 e. The fraction of sp³-hybridized carbons (Fsp3) is 0.421. The molecule has 1 aliphatic heterocycles. The fourth-order valence-corrected chi connectivity index (χ4v) is 6.47. The van der Waals surface area contributed by atoms with E-state index in [1.165, 1.54) is 26.1 Å². The molecule has 0 radical (unpaired) electrons. The van der Waals surface area contributed by atoms with Gasteiger partial charge >= 0.3 is 0 Å². The standard InChI is InChI=1S/C19H24N2O3S3/c1-15-6-8-17(9-7-15)25-13-10-20-19(22)16-4-2-11-21(14-16)27(23,24)18-5-3-12-26-18/h3,5-9,12,16H,2,4,10-11,13-14H2,1H3,(H,20,22)/t16-/m0/s1. The number of thiophene rings is 1. The third-order valence-electron chi connectivity index (χ3n) is 4.54. The van der Waals surface area contributed by atoms with Gasteiger partial charge in [0.15, 0.2) is 0 Å². The number of nitrogens with one attached hydrogen (secondary N) is 1. The lowest BCUT2D eigenvalue weighted by Crippen LogP contribution is -2.45. The summed E-state index contributed by atoms with van der Waals surface area (Å²) in [5.41, 5.74) is 1.23. The molecule has 0 aliphatic carbocycles. The van der Waals surface area contributed by atoms with Gasteiger partial charge in [-0.1, -0.05) is 23.8 Å². The Hall–Kier alpha value is -1.35. The lowest BCUT2D eigenvalue weighted by Gasteiger charge is -2.30. The van der Waals surface area contributed by atoms with Gasteiger partial charge in [-0.25, -0.2) is 8.42 Å². The normalized spacial score (nSPS) is 18.3. The van der Waals surface area contributed by atoms with E-state index in [1.807, 2.05) is 0 Å². The number of carbonyl (C=O) groups excluding carboxylic acids is 1. The van der Waals surface area contributed by atoms with Crippen LogP contribution in [-0.4, -0.2) is 44.0 Å². The van der Waals surface area contributed by atoms with Gasteiger partial charge in [0.1, 0.15) is 4.21 Å². The summed E-state index contributed by atoms with van der Waals surface area (Å²) < 4.78 is 27.1. The molecular formula is C19H24N2O3S3. The fourth-order valence-electron chi connectivity index (χ4n) is 3.03. The Kier molecular flexibility index (Phi) is 6.97. The molecule has 1 aliphatic rings. The van der Waals surface area contributed by atoms with E-state index in [-0.39, 0.29) is 18.4 Å². The highest BCUT2D eigenvalue weighted by Crippen LogP contribution is 2.26. The van der Waals surface area contributed by atoms with Crippen LogP contribution < -0.4 is 5.32 Å². The van der Waals surface area contributed by atoms with Gasteiger partial charge in [0, 0.05) is 30.3 Å². The average Bonchev–Trinajstić information content (AvgIpc) is 3.22. The number of thioether (sulfide) groups is 1. The molecule has 1 fully saturated rings. The van der Waals surface area contributed by atoms with Gasteiger partial charge in [-0.2, -0.15) is 4.31 Å². The molecule has 0 unspecified atom stereocenters. The topological polar surface area (TPSA) is 66.5 Å².